The third kappa shape index (κ3) is 8.18. The van der Waals surface area contributed by atoms with Gasteiger partial charge in [-0.2, -0.15) is 0 Å². The Morgan fingerprint density at radius 2 is 1.93 bits per heavy atom. The van der Waals surface area contributed by atoms with Crippen LogP contribution in [-0.4, -0.2) is 22.3 Å². The van der Waals surface area contributed by atoms with Gasteiger partial charge in [0.2, 0.25) is 0 Å². The Balaban J connectivity index is 3.32. The quantitative estimate of drug-likeness (QED) is 0.458. The van der Waals surface area contributed by atoms with Gasteiger partial charge < -0.3 is 10.2 Å². The molecule has 0 bridgehead atoms. The summed E-state index contributed by atoms with van der Waals surface area (Å²) in [5.41, 5.74) is 0.282. The number of aliphatic hydroxyl groups excluding tert-OH is 1. The Bertz CT molecular complexity index is 199. The molecule has 0 heterocycles. The van der Waals surface area contributed by atoms with Crippen molar-refractivity contribution < 1.29 is 15.0 Å². The summed E-state index contributed by atoms with van der Waals surface area (Å²) < 4.78 is 0. The van der Waals surface area contributed by atoms with Gasteiger partial charge in [-0.1, -0.05) is 32.8 Å². The summed E-state index contributed by atoms with van der Waals surface area (Å²) in [4.78, 5) is 10.4. The highest BCUT2D eigenvalue weighted by Crippen LogP contribution is 2.11. The lowest BCUT2D eigenvalue weighted by Crippen LogP contribution is -2.05. The number of unbranched alkanes of at least 4 members (excludes halogenated alkanes) is 2. The van der Waals surface area contributed by atoms with Crippen LogP contribution in [0.25, 0.3) is 0 Å². The van der Waals surface area contributed by atoms with Gasteiger partial charge >= 0.3 is 5.97 Å². The van der Waals surface area contributed by atoms with Gasteiger partial charge in [0.1, 0.15) is 0 Å². The number of aliphatic hydroxyl groups is 1. The van der Waals surface area contributed by atoms with Crippen LogP contribution in [-0.2, 0) is 4.79 Å². The van der Waals surface area contributed by atoms with E-state index in [1.165, 1.54) is 0 Å². The lowest BCUT2D eigenvalue weighted by atomic mass is 10.0. The molecule has 0 spiro atoms. The second-order valence-corrected chi connectivity index (χ2v) is 3.95. The van der Waals surface area contributed by atoms with Crippen molar-refractivity contribution in [3.63, 3.8) is 0 Å². The molecule has 3 nitrogen and oxygen atoms in total. The summed E-state index contributed by atoms with van der Waals surface area (Å²) in [7, 11) is 0. The van der Waals surface area contributed by atoms with Gasteiger partial charge in [-0.25, -0.2) is 4.79 Å². The van der Waals surface area contributed by atoms with Crippen molar-refractivity contribution >= 4 is 5.97 Å². The largest absolute Gasteiger partial charge is 0.478 e. The highest BCUT2D eigenvalue weighted by Gasteiger charge is 2.04. The Labute approximate surface area is 91.8 Å². The van der Waals surface area contributed by atoms with Gasteiger partial charge in [0.15, 0.2) is 0 Å². The summed E-state index contributed by atoms with van der Waals surface area (Å²) in [6, 6.07) is 0. The second kappa shape index (κ2) is 8.48. The van der Waals surface area contributed by atoms with Crippen LogP contribution in [0.15, 0.2) is 12.2 Å². The van der Waals surface area contributed by atoms with Gasteiger partial charge in [0.05, 0.1) is 6.10 Å². The molecule has 0 aromatic rings. The Morgan fingerprint density at radius 3 is 2.47 bits per heavy atom. The average Bonchev–Trinajstić information content (AvgIpc) is 2.17. The fourth-order valence-electron chi connectivity index (χ4n) is 1.48. The smallest absolute Gasteiger partial charge is 0.330 e. The van der Waals surface area contributed by atoms with Crippen LogP contribution >= 0.6 is 0 Å². The molecule has 0 aliphatic heterocycles. The van der Waals surface area contributed by atoms with Crippen LogP contribution in [0, 0.1) is 0 Å². The first-order valence-corrected chi connectivity index (χ1v) is 5.67. The van der Waals surface area contributed by atoms with E-state index in [2.05, 4.69) is 13.5 Å². The molecule has 0 aromatic carbocycles. The summed E-state index contributed by atoms with van der Waals surface area (Å²) in [6.45, 7) is 5.52. The topological polar surface area (TPSA) is 57.5 Å². The maximum atomic E-state index is 10.4. The molecule has 15 heavy (non-hydrogen) atoms. The Morgan fingerprint density at radius 1 is 1.27 bits per heavy atom. The van der Waals surface area contributed by atoms with E-state index in [0.29, 0.717) is 6.42 Å². The van der Waals surface area contributed by atoms with Crippen LogP contribution in [0.1, 0.15) is 51.9 Å². The Kier molecular flexibility index (Phi) is 8.01. The predicted octanol–water partition coefficient (Wildman–Crippen LogP) is 2.74. The van der Waals surface area contributed by atoms with Crippen LogP contribution < -0.4 is 0 Å². The number of carboxylic acids is 1. The van der Waals surface area contributed by atoms with Gasteiger partial charge in [0.25, 0.3) is 0 Å². The summed E-state index contributed by atoms with van der Waals surface area (Å²) in [5, 5.41) is 18.0. The molecule has 1 atom stereocenters. The third-order valence-electron chi connectivity index (χ3n) is 2.44. The van der Waals surface area contributed by atoms with Crippen LogP contribution in [0.5, 0.6) is 0 Å². The SMILES string of the molecule is C=C(CCCCCC(O)CCC)C(=O)O. The number of hydrogen-bond acceptors (Lipinski definition) is 2. The highest BCUT2D eigenvalue weighted by molar-refractivity contribution is 5.85. The molecular formula is C12H22O3. The number of rotatable bonds is 9. The van der Waals surface area contributed by atoms with Crippen molar-refractivity contribution in [1.82, 2.24) is 0 Å². The zero-order valence-corrected chi connectivity index (χ0v) is 9.54. The fourth-order valence-corrected chi connectivity index (χ4v) is 1.48. The van der Waals surface area contributed by atoms with Crippen molar-refractivity contribution in [2.75, 3.05) is 0 Å². The minimum absolute atomic E-state index is 0.183. The normalized spacial score (nSPS) is 12.4. The van der Waals surface area contributed by atoms with Gasteiger partial charge in [-0.05, 0) is 25.7 Å². The highest BCUT2D eigenvalue weighted by atomic mass is 16.4. The van der Waals surface area contributed by atoms with Crippen molar-refractivity contribution in [1.29, 1.82) is 0 Å². The monoisotopic (exact) mass is 214 g/mol. The fraction of sp³-hybridized carbons (Fsp3) is 0.750. The molecule has 0 aliphatic rings. The van der Waals surface area contributed by atoms with E-state index >= 15 is 0 Å². The minimum Gasteiger partial charge on any atom is -0.478 e. The van der Waals surface area contributed by atoms with E-state index in [0.717, 1.165) is 38.5 Å². The zero-order valence-electron chi connectivity index (χ0n) is 9.54. The molecule has 88 valence electrons. The number of aliphatic carboxylic acids is 1. The van der Waals surface area contributed by atoms with E-state index in [1.54, 1.807) is 0 Å². The first-order valence-electron chi connectivity index (χ1n) is 5.67. The second-order valence-electron chi connectivity index (χ2n) is 3.95. The molecule has 3 heteroatoms. The molecule has 0 amide bonds. The van der Waals surface area contributed by atoms with Crippen molar-refractivity contribution in [3.8, 4) is 0 Å². The van der Waals surface area contributed by atoms with Gasteiger partial charge in [0, 0.05) is 5.57 Å². The van der Waals surface area contributed by atoms with Crippen molar-refractivity contribution in [2.45, 2.75) is 58.0 Å². The predicted molar refractivity (Wildman–Crippen MR) is 60.8 cm³/mol. The van der Waals surface area contributed by atoms with Gasteiger partial charge in [-0.15, -0.1) is 0 Å². The van der Waals surface area contributed by atoms with E-state index < -0.39 is 5.97 Å². The van der Waals surface area contributed by atoms with E-state index in [4.69, 9.17) is 5.11 Å². The number of carboxylic acid groups (broad SMARTS) is 1. The molecular weight excluding hydrogens is 192 g/mol. The number of carbonyl (C=O) groups is 1. The lowest BCUT2D eigenvalue weighted by molar-refractivity contribution is -0.132. The maximum Gasteiger partial charge on any atom is 0.330 e. The minimum atomic E-state index is -0.902. The molecule has 1 unspecified atom stereocenters. The summed E-state index contributed by atoms with van der Waals surface area (Å²) in [6.07, 6.45) is 5.86. The number of hydrogen-bond donors (Lipinski definition) is 2. The Hall–Kier alpha value is -0.830. The average molecular weight is 214 g/mol. The standard InChI is InChI=1S/C12H22O3/c1-3-7-11(13)9-6-4-5-8-10(2)12(14)15/h11,13H,2-9H2,1H3,(H,14,15). The zero-order chi connectivity index (χ0) is 11.7. The summed E-state index contributed by atoms with van der Waals surface area (Å²) in [5.74, 6) is -0.902. The molecule has 0 radical (unpaired) electrons. The van der Waals surface area contributed by atoms with E-state index in [1.807, 2.05) is 0 Å². The maximum absolute atomic E-state index is 10.4. The van der Waals surface area contributed by atoms with Crippen molar-refractivity contribution in [3.05, 3.63) is 12.2 Å². The molecule has 0 aliphatic carbocycles. The molecule has 0 saturated carbocycles. The van der Waals surface area contributed by atoms with Crippen LogP contribution in [0.2, 0.25) is 0 Å². The molecule has 0 rings (SSSR count). The molecule has 0 fully saturated rings. The summed E-state index contributed by atoms with van der Waals surface area (Å²) >= 11 is 0. The van der Waals surface area contributed by atoms with E-state index in [-0.39, 0.29) is 11.7 Å². The third-order valence-corrected chi connectivity index (χ3v) is 2.44. The van der Waals surface area contributed by atoms with Crippen LogP contribution in [0.4, 0.5) is 0 Å². The van der Waals surface area contributed by atoms with Crippen LogP contribution in [0.3, 0.4) is 0 Å². The lowest BCUT2D eigenvalue weighted by Gasteiger charge is -2.08. The van der Waals surface area contributed by atoms with Gasteiger partial charge in [-0.3, -0.25) is 0 Å². The molecule has 0 aromatic heterocycles. The molecule has 0 saturated heterocycles. The first-order chi connectivity index (χ1) is 7.07. The van der Waals surface area contributed by atoms with Crippen molar-refractivity contribution in [2.24, 2.45) is 0 Å². The van der Waals surface area contributed by atoms with E-state index in [9.17, 15) is 9.90 Å². The molecule has 2 N–H and O–H groups in total. The first kappa shape index (κ1) is 14.2.